The second-order valence-electron chi connectivity index (χ2n) is 5.02. The molecule has 0 unspecified atom stereocenters. The van der Waals surface area contributed by atoms with E-state index in [-0.39, 0.29) is 5.56 Å². The average Bonchev–Trinajstić information content (AvgIpc) is 2.51. The van der Waals surface area contributed by atoms with E-state index >= 15 is 0 Å². The topological polar surface area (TPSA) is 63.1 Å². The zero-order chi connectivity index (χ0) is 15.0. The molecule has 0 aliphatic heterocycles. The monoisotopic (exact) mass is 278 g/mol. The molecule has 0 bridgehead atoms. The van der Waals surface area contributed by atoms with Crippen molar-refractivity contribution >= 4 is 16.9 Å². The average molecular weight is 278 g/mol. The highest BCUT2D eigenvalue weighted by molar-refractivity contribution is 6.05. The summed E-state index contributed by atoms with van der Waals surface area (Å²) in [5.74, 6) is -0.943. The number of hydrogen-bond donors (Lipinski definition) is 1. The van der Waals surface area contributed by atoms with E-state index in [2.05, 4.69) is 9.97 Å². The maximum atomic E-state index is 11.6. The lowest BCUT2D eigenvalue weighted by Gasteiger charge is -2.11. The van der Waals surface area contributed by atoms with Gasteiger partial charge in [-0.25, -0.2) is 9.78 Å². The van der Waals surface area contributed by atoms with E-state index in [1.165, 1.54) is 0 Å². The van der Waals surface area contributed by atoms with Crippen LogP contribution >= 0.6 is 0 Å². The van der Waals surface area contributed by atoms with E-state index in [1.54, 1.807) is 18.5 Å². The van der Waals surface area contributed by atoms with Crippen LogP contribution in [0.25, 0.3) is 22.2 Å². The Kier molecular flexibility index (Phi) is 3.14. The molecule has 4 heteroatoms. The number of carboxylic acids is 1. The number of carboxylic acid groups (broad SMARTS) is 1. The number of benzene rings is 1. The highest BCUT2D eigenvalue weighted by Gasteiger charge is 2.16. The smallest absolute Gasteiger partial charge is 0.336 e. The van der Waals surface area contributed by atoms with Gasteiger partial charge in [0.05, 0.1) is 16.8 Å². The Bertz CT molecular complexity index is 842. The van der Waals surface area contributed by atoms with E-state index < -0.39 is 5.97 Å². The molecule has 2 heterocycles. The summed E-state index contributed by atoms with van der Waals surface area (Å²) in [6, 6.07) is 9.19. The predicted molar refractivity (Wildman–Crippen MR) is 81.4 cm³/mol. The lowest BCUT2D eigenvalue weighted by atomic mass is 9.99. The van der Waals surface area contributed by atoms with Gasteiger partial charge < -0.3 is 5.11 Å². The maximum absolute atomic E-state index is 11.6. The van der Waals surface area contributed by atoms with Crippen LogP contribution in [-0.4, -0.2) is 21.0 Å². The van der Waals surface area contributed by atoms with Crippen LogP contribution in [0.3, 0.4) is 0 Å². The normalized spacial score (nSPS) is 10.8. The van der Waals surface area contributed by atoms with Crippen LogP contribution in [0.2, 0.25) is 0 Å². The zero-order valence-corrected chi connectivity index (χ0v) is 11.8. The van der Waals surface area contributed by atoms with E-state index in [0.29, 0.717) is 11.1 Å². The number of carbonyl (C=O) groups is 1. The summed E-state index contributed by atoms with van der Waals surface area (Å²) in [5, 5.41) is 10.2. The van der Waals surface area contributed by atoms with Crippen LogP contribution in [0.5, 0.6) is 0 Å². The fourth-order valence-electron chi connectivity index (χ4n) is 2.47. The standard InChI is InChI=1S/C17H14N2O2/c1-10-5-6-11(2)16-15(10)13(17(20)21)8-14(19-16)12-4-3-7-18-9-12/h3-9H,1-2H3,(H,20,21). The van der Waals surface area contributed by atoms with Gasteiger partial charge in [0.15, 0.2) is 0 Å². The zero-order valence-electron chi connectivity index (χ0n) is 11.8. The summed E-state index contributed by atoms with van der Waals surface area (Å²) in [4.78, 5) is 20.3. The Morgan fingerprint density at radius 3 is 2.57 bits per heavy atom. The van der Waals surface area contributed by atoms with Crippen molar-refractivity contribution < 1.29 is 9.90 Å². The summed E-state index contributed by atoms with van der Waals surface area (Å²) in [5.41, 5.74) is 4.32. The maximum Gasteiger partial charge on any atom is 0.336 e. The molecule has 104 valence electrons. The number of hydrogen-bond acceptors (Lipinski definition) is 3. The fourth-order valence-corrected chi connectivity index (χ4v) is 2.47. The lowest BCUT2D eigenvalue weighted by Crippen LogP contribution is -2.02. The highest BCUT2D eigenvalue weighted by atomic mass is 16.4. The summed E-state index contributed by atoms with van der Waals surface area (Å²) in [6.45, 7) is 3.84. The number of aromatic nitrogens is 2. The molecule has 0 spiro atoms. The van der Waals surface area contributed by atoms with Crippen LogP contribution in [0.1, 0.15) is 21.5 Å². The molecule has 0 atom stereocenters. The van der Waals surface area contributed by atoms with Crippen LogP contribution in [0, 0.1) is 13.8 Å². The van der Waals surface area contributed by atoms with Crippen LogP contribution in [-0.2, 0) is 0 Å². The quantitative estimate of drug-likeness (QED) is 0.777. The summed E-state index contributed by atoms with van der Waals surface area (Å²) in [7, 11) is 0. The number of rotatable bonds is 2. The van der Waals surface area contributed by atoms with Gasteiger partial charge in [-0.2, -0.15) is 0 Å². The van der Waals surface area contributed by atoms with Gasteiger partial charge in [0.1, 0.15) is 0 Å². The van der Waals surface area contributed by atoms with Crippen molar-refractivity contribution in [1.29, 1.82) is 0 Å². The Hall–Kier alpha value is -2.75. The van der Waals surface area contributed by atoms with Crippen molar-refractivity contribution in [2.24, 2.45) is 0 Å². The molecule has 2 aromatic heterocycles. The van der Waals surface area contributed by atoms with E-state index in [4.69, 9.17) is 0 Å². The highest BCUT2D eigenvalue weighted by Crippen LogP contribution is 2.28. The Labute approximate surface area is 122 Å². The van der Waals surface area contributed by atoms with Crippen molar-refractivity contribution in [3.63, 3.8) is 0 Å². The largest absolute Gasteiger partial charge is 0.478 e. The molecule has 0 saturated carbocycles. The number of nitrogens with zero attached hydrogens (tertiary/aromatic N) is 2. The molecule has 1 aromatic carbocycles. The third-order valence-corrected chi connectivity index (χ3v) is 3.56. The Balaban J connectivity index is 2.41. The first kappa shape index (κ1) is 13.2. The molecule has 21 heavy (non-hydrogen) atoms. The van der Waals surface area contributed by atoms with Crippen LogP contribution < -0.4 is 0 Å². The number of pyridine rings is 2. The van der Waals surface area contributed by atoms with Gasteiger partial charge in [-0.1, -0.05) is 12.1 Å². The first-order chi connectivity index (χ1) is 10.1. The molecule has 0 aliphatic rings. The molecule has 0 saturated heterocycles. The predicted octanol–water partition coefficient (Wildman–Crippen LogP) is 3.61. The fraction of sp³-hybridized carbons (Fsp3) is 0.118. The van der Waals surface area contributed by atoms with Gasteiger partial charge in [0, 0.05) is 23.3 Å². The van der Waals surface area contributed by atoms with Crippen molar-refractivity contribution in [1.82, 2.24) is 9.97 Å². The van der Waals surface area contributed by atoms with Gasteiger partial charge >= 0.3 is 5.97 Å². The first-order valence-corrected chi connectivity index (χ1v) is 6.62. The van der Waals surface area contributed by atoms with Crippen molar-refractivity contribution in [3.8, 4) is 11.3 Å². The molecule has 3 aromatic rings. The van der Waals surface area contributed by atoms with Gasteiger partial charge in [0.2, 0.25) is 0 Å². The molecular weight excluding hydrogens is 264 g/mol. The van der Waals surface area contributed by atoms with Crippen molar-refractivity contribution in [2.45, 2.75) is 13.8 Å². The minimum atomic E-state index is -0.943. The molecule has 1 N–H and O–H groups in total. The minimum absolute atomic E-state index is 0.278. The van der Waals surface area contributed by atoms with E-state index in [1.807, 2.05) is 38.1 Å². The molecule has 0 aliphatic carbocycles. The van der Waals surface area contributed by atoms with Crippen molar-refractivity contribution in [3.05, 3.63) is 59.4 Å². The van der Waals surface area contributed by atoms with Gasteiger partial charge in [-0.05, 0) is 43.2 Å². The second-order valence-corrected chi connectivity index (χ2v) is 5.02. The molecule has 0 fully saturated rings. The Morgan fingerprint density at radius 1 is 1.14 bits per heavy atom. The molecule has 3 rings (SSSR count). The second kappa shape index (κ2) is 4.98. The molecule has 0 radical (unpaired) electrons. The summed E-state index contributed by atoms with van der Waals surface area (Å²) >= 11 is 0. The lowest BCUT2D eigenvalue weighted by molar-refractivity contribution is 0.0699. The van der Waals surface area contributed by atoms with Crippen LogP contribution in [0.4, 0.5) is 0 Å². The number of fused-ring (bicyclic) bond motifs is 1. The SMILES string of the molecule is Cc1ccc(C)c2c(C(=O)O)cc(-c3cccnc3)nc12. The molecule has 4 nitrogen and oxygen atoms in total. The number of aryl methyl sites for hydroxylation is 2. The van der Waals surface area contributed by atoms with Gasteiger partial charge in [-0.3, -0.25) is 4.98 Å². The summed E-state index contributed by atoms with van der Waals surface area (Å²) < 4.78 is 0. The molecule has 0 amide bonds. The van der Waals surface area contributed by atoms with Crippen molar-refractivity contribution in [2.75, 3.05) is 0 Å². The van der Waals surface area contributed by atoms with E-state index in [9.17, 15) is 9.90 Å². The minimum Gasteiger partial charge on any atom is -0.478 e. The van der Waals surface area contributed by atoms with Crippen LogP contribution in [0.15, 0.2) is 42.7 Å². The molecular formula is C17H14N2O2. The van der Waals surface area contributed by atoms with Gasteiger partial charge in [-0.15, -0.1) is 0 Å². The Morgan fingerprint density at radius 2 is 1.90 bits per heavy atom. The van der Waals surface area contributed by atoms with E-state index in [0.717, 1.165) is 22.2 Å². The number of aromatic carboxylic acids is 1. The third-order valence-electron chi connectivity index (χ3n) is 3.56. The van der Waals surface area contributed by atoms with Gasteiger partial charge in [0.25, 0.3) is 0 Å². The first-order valence-electron chi connectivity index (χ1n) is 6.62. The summed E-state index contributed by atoms with van der Waals surface area (Å²) in [6.07, 6.45) is 3.36. The third kappa shape index (κ3) is 2.25.